The SMILES string of the molecule is CC(C)(C)C(=O)NNC(=O)CC1(O)CCCC1. The van der Waals surface area contributed by atoms with E-state index in [9.17, 15) is 14.7 Å². The molecule has 0 aromatic carbocycles. The minimum absolute atomic E-state index is 0.0530. The summed E-state index contributed by atoms with van der Waals surface area (Å²) in [6.45, 7) is 5.29. The Morgan fingerprint density at radius 2 is 1.71 bits per heavy atom. The molecule has 1 rings (SSSR count). The summed E-state index contributed by atoms with van der Waals surface area (Å²) in [5, 5.41) is 10.0. The quantitative estimate of drug-likeness (QED) is 0.629. The smallest absolute Gasteiger partial charge is 0.243 e. The average molecular weight is 242 g/mol. The van der Waals surface area contributed by atoms with Gasteiger partial charge in [-0.25, -0.2) is 0 Å². The van der Waals surface area contributed by atoms with Crippen molar-refractivity contribution in [2.45, 2.75) is 58.5 Å². The first-order chi connectivity index (χ1) is 7.73. The molecule has 1 saturated carbocycles. The molecule has 0 spiro atoms. The van der Waals surface area contributed by atoms with E-state index in [1.807, 2.05) is 0 Å². The summed E-state index contributed by atoms with van der Waals surface area (Å²) in [6, 6.07) is 0. The van der Waals surface area contributed by atoms with Crippen molar-refractivity contribution in [1.29, 1.82) is 0 Å². The van der Waals surface area contributed by atoms with E-state index in [0.717, 1.165) is 12.8 Å². The van der Waals surface area contributed by atoms with Crippen LogP contribution in [0.2, 0.25) is 0 Å². The minimum atomic E-state index is -0.878. The van der Waals surface area contributed by atoms with Crippen molar-refractivity contribution in [1.82, 2.24) is 10.9 Å². The molecule has 0 unspecified atom stereocenters. The topological polar surface area (TPSA) is 78.4 Å². The highest BCUT2D eigenvalue weighted by Gasteiger charge is 2.33. The highest BCUT2D eigenvalue weighted by Crippen LogP contribution is 2.32. The van der Waals surface area contributed by atoms with Gasteiger partial charge in [-0.1, -0.05) is 33.6 Å². The summed E-state index contributed by atoms with van der Waals surface area (Å²) in [4.78, 5) is 23.0. The van der Waals surface area contributed by atoms with Crippen molar-refractivity contribution in [3.8, 4) is 0 Å². The van der Waals surface area contributed by atoms with E-state index in [1.54, 1.807) is 20.8 Å². The van der Waals surface area contributed by atoms with E-state index >= 15 is 0 Å². The molecule has 5 nitrogen and oxygen atoms in total. The van der Waals surface area contributed by atoms with E-state index in [4.69, 9.17) is 0 Å². The molecule has 0 atom stereocenters. The van der Waals surface area contributed by atoms with E-state index in [2.05, 4.69) is 10.9 Å². The molecule has 0 saturated heterocycles. The summed E-state index contributed by atoms with van der Waals surface area (Å²) in [5.41, 5.74) is 3.28. The Labute approximate surface area is 102 Å². The molecular weight excluding hydrogens is 220 g/mol. The molecule has 17 heavy (non-hydrogen) atoms. The number of carbonyl (C=O) groups excluding carboxylic acids is 2. The van der Waals surface area contributed by atoms with Gasteiger partial charge in [0, 0.05) is 5.41 Å². The van der Waals surface area contributed by atoms with E-state index in [1.165, 1.54) is 0 Å². The van der Waals surface area contributed by atoms with Crippen molar-refractivity contribution in [2.24, 2.45) is 5.41 Å². The Kier molecular flexibility index (Phi) is 4.14. The second-order valence-corrected chi connectivity index (χ2v) is 5.86. The average Bonchev–Trinajstić information content (AvgIpc) is 2.59. The molecular formula is C12H22N2O3. The maximum Gasteiger partial charge on any atom is 0.243 e. The fourth-order valence-electron chi connectivity index (χ4n) is 1.87. The molecule has 0 radical (unpaired) electrons. The van der Waals surface area contributed by atoms with Gasteiger partial charge in [-0.2, -0.15) is 0 Å². The van der Waals surface area contributed by atoms with E-state index < -0.39 is 11.0 Å². The zero-order chi connectivity index (χ0) is 13.1. The van der Waals surface area contributed by atoms with Crippen LogP contribution in [-0.4, -0.2) is 22.5 Å². The van der Waals surface area contributed by atoms with Crippen LogP contribution in [-0.2, 0) is 9.59 Å². The third kappa shape index (κ3) is 4.34. The van der Waals surface area contributed by atoms with Gasteiger partial charge in [0.15, 0.2) is 0 Å². The number of amides is 2. The van der Waals surface area contributed by atoms with E-state index in [-0.39, 0.29) is 18.2 Å². The standard InChI is InChI=1S/C12H22N2O3/c1-11(2,3)10(16)14-13-9(15)8-12(17)6-4-5-7-12/h17H,4-8H2,1-3H3,(H,13,15)(H,14,16). The Bertz CT molecular complexity index is 301. The maximum atomic E-state index is 11.5. The number of carbonyl (C=O) groups is 2. The normalized spacial score (nSPS) is 18.8. The first-order valence-corrected chi connectivity index (χ1v) is 6.05. The van der Waals surface area contributed by atoms with Crippen molar-refractivity contribution in [3.63, 3.8) is 0 Å². The minimum Gasteiger partial charge on any atom is -0.389 e. The van der Waals surface area contributed by atoms with Crippen molar-refractivity contribution in [2.75, 3.05) is 0 Å². The van der Waals surface area contributed by atoms with Crippen LogP contribution in [0.4, 0.5) is 0 Å². The van der Waals surface area contributed by atoms with Crippen LogP contribution in [0, 0.1) is 5.41 Å². The predicted molar refractivity (Wildman–Crippen MR) is 63.8 cm³/mol. The predicted octanol–water partition coefficient (Wildman–Crippen LogP) is 0.875. The Morgan fingerprint density at radius 3 is 2.18 bits per heavy atom. The third-order valence-electron chi connectivity index (χ3n) is 3.02. The van der Waals surface area contributed by atoms with Gasteiger partial charge >= 0.3 is 0 Å². The molecule has 3 N–H and O–H groups in total. The van der Waals surface area contributed by atoms with Crippen LogP contribution in [0.25, 0.3) is 0 Å². The lowest BCUT2D eigenvalue weighted by Gasteiger charge is -2.22. The van der Waals surface area contributed by atoms with Crippen molar-refractivity contribution < 1.29 is 14.7 Å². The van der Waals surface area contributed by atoms with E-state index in [0.29, 0.717) is 12.8 Å². The molecule has 1 fully saturated rings. The lowest BCUT2D eigenvalue weighted by atomic mass is 9.96. The molecule has 98 valence electrons. The highest BCUT2D eigenvalue weighted by atomic mass is 16.3. The first-order valence-electron chi connectivity index (χ1n) is 6.05. The van der Waals surface area contributed by atoms with Crippen molar-refractivity contribution >= 4 is 11.8 Å². The maximum absolute atomic E-state index is 11.5. The number of hydrogen-bond donors (Lipinski definition) is 3. The van der Waals surface area contributed by atoms with Gasteiger partial charge in [0.25, 0.3) is 0 Å². The molecule has 0 heterocycles. The fraction of sp³-hybridized carbons (Fsp3) is 0.833. The Balaban J connectivity index is 2.33. The lowest BCUT2D eigenvalue weighted by Crippen LogP contribution is -2.48. The monoisotopic (exact) mass is 242 g/mol. The van der Waals surface area contributed by atoms with Gasteiger partial charge in [-0.15, -0.1) is 0 Å². The number of rotatable bonds is 2. The first kappa shape index (κ1) is 14.0. The molecule has 1 aliphatic rings. The zero-order valence-electron chi connectivity index (χ0n) is 10.8. The third-order valence-corrected chi connectivity index (χ3v) is 3.02. The molecule has 1 aliphatic carbocycles. The summed E-state index contributed by atoms with van der Waals surface area (Å²) in [6.07, 6.45) is 3.29. The van der Waals surface area contributed by atoms with Crippen LogP contribution in [0.3, 0.4) is 0 Å². The van der Waals surface area contributed by atoms with Crippen LogP contribution in [0.5, 0.6) is 0 Å². The molecule has 0 aliphatic heterocycles. The number of hydrogen-bond acceptors (Lipinski definition) is 3. The fourth-order valence-corrected chi connectivity index (χ4v) is 1.87. The van der Waals surface area contributed by atoms with Crippen molar-refractivity contribution in [3.05, 3.63) is 0 Å². The molecule has 5 heteroatoms. The summed E-state index contributed by atoms with van der Waals surface area (Å²) in [7, 11) is 0. The van der Waals surface area contributed by atoms with Gasteiger partial charge in [0.05, 0.1) is 12.0 Å². The molecule has 0 bridgehead atoms. The van der Waals surface area contributed by atoms with Crippen LogP contribution in [0.1, 0.15) is 52.9 Å². The molecule has 0 aromatic rings. The Morgan fingerprint density at radius 1 is 1.18 bits per heavy atom. The van der Waals surface area contributed by atoms with Gasteiger partial charge in [0.2, 0.25) is 11.8 Å². The summed E-state index contributed by atoms with van der Waals surface area (Å²) >= 11 is 0. The number of hydrazine groups is 1. The van der Waals surface area contributed by atoms with Crippen LogP contribution >= 0.6 is 0 Å². The highest BCUT2D eigenvalue weighted by molar-refractivity contribution is 5.85. The molecule has 2 amide bonds. The zero-order valence-corrected chi connectivity index (χ0v) is 10.8. The Hall–Kier alpha value is -1.10. The lowest BCUT2D eigenvalue weighted by molar-refractivity contribution is -0.135. The largest absolute Gasteiger partial charge is 0.389 e. The summed E-state index contributed by atoms with van der Waals surface area (Å²) < 4.78 is 0. The second-order valence-electron chi connectivity index (χ2n) is 5.86. The second kappa shape index (κ2) is 5.04. The van der Waals surface area contributed by atoms with Crippen LogP contribution in [0.15, 0.2) is 0 Å². The van der Waals surface area contributed by atoms with Gasteiger partial charge < -0.3 is 5.11 Å². The molecule has 0 aromatic heterocycles. The summed E-state index contributed by atoms with van der Waals surface area (Å²) in [5.74, 6) is -0.587. The van der Waals surface area contributed by atoms with Gasteiger partial charge in [-0.3, -0.25) is 20.4 Å². The van der Waals surface area contributed by atoms with Crippen LogP contribution < -0.4 is 10.9 Å². The van der Waals surface area contributed by atoms with Gasteiger partial charge in [0.1, 0.15) is 0 Å². The van der Waals surface area contributed by atoms with Gasteiger partial charge in [-0.05, 0) is 12.8 Å². The number of nitrogens with one attached hydrogen (secondary N) is 2. The number of aliphatic hydroxyl groups is 1.